The van der Waals surface area contributed by atoms with Crippen molar-refractivity contribution in [2.24, 2.45) is 16.8 Å². The lowest BCUT2D eigenvalue weighted by molar-refractivity contribution is -0.136. The third kappa shape index (κ3) is 8.02. The predicted molar refractivity (Wildman–Crippen MR) is 238 cm³/mol. The van der Waals surface area contributed by atoms with Crippen molar-refractivity contribution >= 4 is 45.8 Å². The van der Waals surface area contributed by atoms with Crippen molar-refractivity contribution in [2.45, 2.75) is 102 Å². The van der Waals surface area contributed by atoms with Crippen LogP contribution in [0.2, 0.25) is 0 Å². The molecule has 1 unspecified atom stereocenters. The summed E-state index contributed by atoms with van der Waals surface area (Å²) in [5, 5.41) is 14.9. The van der Waals surface area contributed by atoms with Crippen LogP contribution in [0.4, 0.5) is 5.69 Å². The van der Waals surface area contributed by atoms with E-state index >= 15 is 0 Å². The van der Waals surface area contributed by atoms with Crippen molar-refractivity contribution in [1.82, 2.24) is 40.4 Å². The van der Waals surface area contributed by atoms with Crippen LogP contribution < -0.4 is 25.0 Å². The molecule has 0 spiro atoms. The monoisotopic (exact) mass is 846 g/mol. The number of nitrogens with one attached hydrogen (secondary N) is 3. The molecular formula is C47H62N10O5. The maximum Gasteiger partial charge on any atom is 0.255 e. The van der Waals surface area contributed by atoms with Crippen molar-refractivity contribution in [2.75, 3.05) is 71.0 Å². The number of methoxy groups -OCH3 is 1. The Balaban J connectivity index is 0.694. The van der Waals surface area contributed by atoms with E-state index in [0.29, 0.717) is 49.1 Å². The van der Waals surface area contributed by atoms with Crippen LogP contribution in [0.5, 0.6) is 11.5 Å². The molecule has 15 nitrogen and oxygen atoms in total. The average molecular weight is 847 g/mol. The van der Waals surface area contributed by atoms with Crippen LogP contribution >= 0.6 is 0 Å². The highest BCUT2D eigenvalue weighted by Crippen LogP contribution is 2.42. The molecule has 0 radical (unpaired) electrons. The van der Waals surface area contributed by atoms with Gasteiger partial charge in [-0.1, -0.05) is 0 Å². The molecule has 0 bridgehead atoms. The Hall–Kier alpha value is -5.15. The highest BCUT2D eigenvalue weighted by atomic mass is 16.5. The number of fused-ring (bicyclic) bond motifs is 2. The van der Waals surface area contributed by atoms with Gasteiger partial charge < -0.3 is 29.5 Å². The second-order valence-corrected chi connectivity index (χ2v) is 19.3. The molecule has 7 heterocycles. The highest BCUT2D eigenvalue weighted by Gasteiger charge is 2.42. The quantitative estimate of drug-likeness (QED) is 0.246. The zero-order chi connectivity index (χ0) is 42.7. The zero-order valence-electron chi connectivity index (χ0n) is 36.8. The molecule has 6 aliphatic heterocycles. The summed E-state index contributed by atoms with van der Waals surface area (Å²) in [5.74, 6) is 3.12. The molecule has 1 aliphatic carbocycles. The SMILES string of the molecule is COc1c(N2CCC(CN3[C@H](C)CN(CC4CCN(C5=NCNC(c6n[nH]c7ccc(OC8(C)CC8)cc67)=C5)CC4)C[C@@H]3C)CC2)ccc2c1CN(C1CCC(=O)NC1=O)C2=O. The minimum atomic E-state index is -0.643. The highest BCUT2D eigenvalue weighted by molar-refractivity contribution is 6.06. The van der Waals surface area contributed by atoms with Gasteiger partial charge in [-0.15, -0.1) is 0 Å². The number of hydrogen-bond donors (Lipinski definition) is 3. The van der Waals surface area contributed by atoms with Gasteiger partial charge >= 0.3 is 0 Å². The minimum Gasteiger partial charge on any atom is -0.494 e. The van der Waals surface area contributed by atoms with Gasteiger partial charge in [0.1, 0.15) is 41.3 Å². The fraction of sp³-hybridized carbons (Fsp3) is 0.596. The summed E-state index contributed by atoms with van der Waals surface area (Å²) in [7, 11) is 1.67. The van der Waals surface area contributed by atoms with E-state index in [1.165, 1.54) is 12.8 Å². The average Bonchev–Trinajstić information content (AvgIpc) is 3.69. The number of amidine groups is 1. The lowest BCUT2D eigenvalue weighted by Gasteiger charge is -2.48. The predicted octanol–water partition coefficient (Wildman–Crippen LogP) is 4.59. The first-order chi connectivity index (χ1) is 30.0. The van der Waals surface area contributed by atoms with Gasteiger partial charge in [-0.2, -0.15) is 5.10 Å². The molecule has 3 N–H and O–H groups in total. The summed E-state index contributed by atoms with van der Waals surface area (Å²) in [4.78, 5) is 54.6. The topological polar surface area (TPSA) is 151 Å². The number of piperazine rings is 1. The second kappa shape index (κ2) is 16.5. The number of aromatic amines is 1. The number of ether oxygens (including phenoxy) is 2. The van der Waals surface area contributed by atoms with Gasteiger partial charge in [-0.25, -0.2) is 4.99 Å². The number of aliphatic imine (C=N–C) groups is 1. The lowest BCUT2D eigenvalue weighted by Crippen LogP contribution is -2.59. The van der Waals surface area contributed by atoms with E-state index in [2.05, 4.69) is 74.3 Å². The lowest BCUT2D eigenvalue weighted by atomic mass is 9.92. The Morgan fingerprint density at radius 2 is 1.61 bits per heavy atom. The first-order valence-electron chi connectivity index (χ1n) is 23.0. The molecule has 330 valence electrons. The van der Waals surface area contributed by atoms with Gasteiger partial charge in [0.15, 0.2) is 0 Å². The summed E-state index contributed by atoms with van der Waals surface area (Å²) in [6, 6.07) is 10.5. The van der Waals surface area contributed by atoms with Crippen LogP contribution in [-0.4, -0.2) is 143 Å². The summed E-state index contributed by atoms with van der Waals surface area (Å²) in [6.07, 6.45) is 9.51. The Morgan fingerprint density at radius 3 is 2.32 bits per heavy atom. The number of amides is 3. The number of likely N-dealkylation sites (tertiary alicyclic amines) is 1. The van der Waals surface area contributed by atoms with E-state index < -0.39 is 11.9 Å². The van der Waals surface area contributed by atoms with E-state index in [9.17, 15) is 14.4 Å². The van der Waals surface area contributed by atoms with Gasteiger partial charge in [0.25, 0.3) is 5.91 Å². The van der Waals surface area contributed by atoms with Gasteiger partial charge in [-0.05, 0) is 108 Å². The van der Waals surface area contributed by atoms with E-state index in [0.717, 1.165) is 129 Å². The number of imide groups is 1. The molecule has 3 aromatic rings. The molecular weight excluding hydrogens is 785 g/mol. The first-order valence-corrected chi connectivity index (χ1v) is 23.0. The van der Waals surface area contributed by atoms with Crippen molar-refractivity contribution in [3.8, 4) is 11.5 Å². The Kier molecular flexibility index (Phi) is 10.9. The van der Waals surface area contributed by atoms with Crippen molar-refractivity contribution in [3.63, 3.8) is 0 Å². The Bertz CT molecular complexity index is 2270. The van der Waals surface area contributed by atoms with E-state index in [-0.39, 0.29) is 23.8 Å². The van der Waals surface area contributed by atoms with Crippen molar-refractivity contribution in [3.05, 3.63) is 53.2 Å². The molecule has 62 heavy (non-hydrogen) atoms. The number of carbonyl (C=O) groups is 3. The number of benzene rings is 2. The summed E-state index contributed by atoms with van der Waals surface area (Å²) in [6.45, 7) is 16.3. The summed E-state index contributed by atoms with van der Waals surface area (Å²) in [5.41, 5.74) is 5.32. The van der Waals surface area contributed by atoms with Gasteiger partial charge in [0, 0.05) is 93.5 Å². The van der Waals surface area contributed by atoms with Crippen LogP contribution in [0.1, 0.15) is 93.8 Å². The van der Waals surface area contributed by atoms with Gasteiger partial charge in [0.2, 0.25) is 11.8 Å². The number of nitrogens with zero attached hydrogens (tertiary/aromatic N) is 7. The summed E-state index contributed by atoms with van der Waals surface area (Å²) < 4.78 is 12.2. The van der Waals surface area contributed by atoms with Crippen LogP contribution in [0.25, 0.3) is 16.6 Å². The van der Waals surface area contributed by atoms with Crippen LogP contribution in [-0.2, 0) is 16.1 Å². The van der Waals surface area contributed by atoms with Crippen LogP contribution in [0.15, 0.2) is 41.4 Å². The molecule has 5 fully saturated rings. The normalized spacial score (nSPS) is 26.3. The fourth-order valence-corrected chi connectivity index (χ4v) is 11.0. The number of rotatable bonds is 10. The third-order valence-electron chi connectivity index (χ3n) is 14.8. The molecule has 3 amide bonds. The zero-order valence-corrected chi connectivity index (χ0v) is 36.8. The van der Waals surface area contributed by atoms with Crippen LogP contribution in [0, 0.1) is 11.8 Å². The molecule has 15 heteroatoms. The van der Waals surface area contributed by atoms with Crippen molar-refractivity contribution < 1.29 is 23.9 Å². The second-order valence-electron chi connectivity index (χ2n) is 19.3. The number of hydrogen-bond acceptors (Lipinski definition) is 12. The smallest absolute Gasteiger partial charge is 0.255 e. The number of aromatic nitrogens is 2. The number of H-pyrrole nitrogens is 1. The van der Waals surface area contributed by atoms with E-state index in [1.807, 2.05) is 18.2 Å². The molecule has 2 aromatic carbocycles. The van der Waals surface area contributed by atoms with Gasteiger partial charge in [0.05, 0.1) is 30.6 Å². The first kappa shape index (κ1) is 40.9. The van der Waals surface area contributed by atoms with Crippen LogP contribution in [0.3, 0.4) is 0 Å². The minimum absolute atomic E-state index is 0.0277. The molecule has 1 saturated carbocycles. The van der Waals surface area contributed by atoms with E-state index in [4.69, 9.17) is 19.6 Å². The number of carbonyl (C=O) groups excluding carboxylic acids is 3. The maximum absolute atomic E-state index is 13.4. The van der Waals surface area contributed by atoms with Crippen molar-refractivity contribution in [1.29, 1.82) is 0 Å². The molecule has 3 atom stereocenters. The molecule has 10 rings (SSSR count). The Labute approximate surface area is 364 Å². The molecule has 7 aliphatic rings. The molecule has 4 saturated heterocycles. The number of anilines is 1. The standard InChI is InChI=1S/C47H62N10O5/c1-29-23-53(25-31-13-19-55(20-14-31)41-22-38(48-28-49-41)43-35-21-33(62-47(3)15-16-47)5-7-37(35)51-52-43)24-30(2)56(29)26-32-11-17-54(18-12-32)39-8-6-34-36(44(39)61-4)27-57(46(34)60)40-9-10-42(58)50-45(40)59/h5-8,21-22,29-32,40,48H,9-20,23-28H2,1-4H3,(H,51,52)(H,50,58,59)/t29-,30+,40?. The molecule has 1 aromatic heterocycles. The largest absolute Gasteiger partial charge is 0.494 e. The summed E-state index contributed by atoms with van der Waals surface area (Å²) >= 11 is 0. The fourth-order valence-electron chi connectivity index (χ4n) is 11.0. The van der Waals surface area contributed by atoms with Gasteiger partial charge in [-0.3, -0.25) is 34.6 Å². The maximum atomic E-state index is 13.4. The number of piperidine rings is 3. The Morgan fingerprint density at radius 1 is 0.887 bits per heavy atom. The van der Waals surface area contributed by atoms with E-state index in [1.54, 1.807) is 12.0 Å². The third-order valence-corrected chi connectivity index (χ3v) is 14.8.